The van der Waals surface area contributed by atoms with Crippen LogP contribution in [0.25, 0.3) is 10.1 Å². The molecule has 29 heavy (non-hydrogen) atoms. The molecule has 1 saturated heterocycles. The molecule has 1 aliphatic heterocycles. The van der Waals surface area contributed by atoms with Gasteiger partial charge in [0.05, 0.1) is 9.92 Å². The van der Waals surface area contributed by atoms with Crippen LogP contribution >= 0.6 is 22.9 Å². The van der Waals surface area contributed by atoms with Gasteiger partial charge in [-0.05, 0) is 38.0 Å². The van der Waals surface area contributed by atoms with Crippen molar-refractivity contribution in [2.45, 2.75) is 30.7 Å². The van der Waals surface area contributed by atoms with Gasteiger partial charge in [-0.15, -0.1) is 11.3 Å². The predicted molar refractivity (Wildman–Crippen MR) is 117 cm³/mol. The van der Waals surface area contributed by atoms with Crippen molar-refractivity contribution < 1.29 is 13.2 Å². The topological polar surface area (TPSA) is 66.5 Å². The molecule has 3 aromatic rings. The summed E-state index contributed by atoms with van der Waals surface area (Å²) in [6, 6.07) is 14.5. The minimum absolute atomic E-state index is 0.0757. The van der Waals surface area contributed by atoms with Crippen molar-refractivity contribution in [2.24, 2.45) is 0 Å². The van der Waals surface area contributed by atoms with E-state index >= 15 is 0 Å². The highest BCUT2D eigenvalue weighted by atomic mass is 35.5. The fourth-order valence-electron chi connectivity index (χ4n) is 3.51. The molecule has 0 atom stereocenters. The average Bonchev–Trinajstić information content (AvgIpc) is 3.06. The number of benzene rings is 2. The molecule has 1 aliphatic rings. The molecule has 0 bridgehead atoms. The molecular formula is C21H21ClN2O3S2. The van der Waals surface area contributed by atoms with Gasteiger partial charge in [-0.25, -0.2) is 8.42 Å². The molecule has 0 saturated carbocycles. The lowest BCUT2D eigenvalue weighted by atomic mass is 10.1. The first-order chi connectivity index (χ1) is 13.9. The molecule has 2 heterocycles. The van der Waals surface area contributed by atoms with Crippen molar-refractivity contribution >= 4 is 49.0 Å². The molecule has 1 N–H and O–H groups in total. The maximum absolute atomic E-state index is 12.8. The summed E-state index contributed by atoms with van der Waals surface area (Å²) in [6.45, 7) is 2.68. The van der Waals surface area contributed by atoms with E-state index < -0.39 is 10.0 Å². The molecule has 5 nitrogen and oxygen atoms in total. The molecule has 4 rings (SSSR count). The molecule has 1 fully saturated rings. The van der Waals surface area contributed by atoms with E-state index in [-0.39, 0.29) is 11.9 Å². The molecule has 1 aromatic heterocycles. The standard InChI is InChI=1S/C21H21ClN2O3S2/c1-14-6-8-16(9-7-14)29(26,27)24-12-10-15(11-13-24)23-21(25)20-19(22)17-4-2-3-5-18(17)28-20/h2-9,15H,10-13H2,1H3,(H,23,25). The van der Waals surface area contributed by atoms with Gasteiger partial charge < -0.3 is 5.32 Å². The number of fused-ring (bicyclic) bond motifs is 1. The molecule has 8 heteroatoms. The Morgan fingerprint density at radius 1 is 1.10 bits per heavy atom. The molecule has 1 amide bonds. The van der Waals surface area contributed by atoms with E-state index in [2.05, 4.69) is 5.32 Å². The highest BCUT2D eigenvalue weighted by Gasteiger charge is 2.30. The van der Waals surface area contributed by atoms with E-state index in [0.717, 1.165) is 15.6 Å². The summed E-state index contributed by atoms with van der Waals surface area (Å²) in [6.07, 6.45) is 1.14. The number of halogens is 1. The smallest absolute Gasteiger partial charge is 0.263 e. The largest absolute Gasteiger partial charge is 0.348 e. The van der Waals surface area contributed by atoms with Crippen LogP contribution < -0.4 is 5.32 Å². The zero-order valence-corrected chi connectivity index (χ0v) is 18.3. The van der Waals surface area contributed by atoms with Crippen LogP contribution in [0.2, 0.25) is 5.02 Å². The van der Waals surface area contributed by atoms with E-state index in [0.29, 0.717) is 40.7 Å². The monoisotopic (exact) mass is 448 g/mol. The Morgan fingerprint density at radius 3 is 2.41 bits per heavy atom. The zero-order chi connectivity index (χ0) is 20.6. The second kappa shape index (κ2) is 8.07. The van der Waals surface area contributed by atoms with Crippen molar-refractivity contribution in [3.05, 3.63) is 64.0 Å². The molecule has 152 valence electrons. The first-order valence-corrected chi connectivity index (χ1v) is 12.0. The number of nitrogens with one attached hydrogen (secondary N) is 1. The number of thiophene rings is 1. The van der Waals surface area contributed by atoms with Crippen LogP contribution in [-0.2, 0) is 10.0 Å². The van der Waals surface area contributed by atoms with Crippen LogP contribution in [0.15, 0.2) is 53.4 Å². The third-order valence-electron chi connectivity index (χ3n) is 5.19. The van der Waals surface area contributed by atoms with E-state index in [1.165, 1.54) is 15.6 Å². The van der Waals surface area contributed by atoms with Crippen LogP contribution in [0.1, 0.15) is 28.1 Å². The third kappa shape index (κ3) is 4.05. The first-order valence-electron chi connectivity index (χ1n) is 9.41. The maximum atomic E-state index is 12.8. The van der Waals surface area contributed by atoms with Crippen molar-refractivity contribution in [3.63, 3.8) is 0 Å². The van der Waals surface area contributed by atoms with Gasteiger partial charge in [0, 0.05) is 29.2 Å². The number of piperidine rings is 1. The van der Waals surface area contributed by atoms with Gasteiger partial charge in [-0.3, -0.25) is 4.79 Å². The Labute approximate surface area is 179 Å². The third-order valence-corrected chi connectivity index (χ3v) is 8.78. The predicted octanol–water partition coefficient (Wildman–Crippen LogP) is 4.45. The van der Waals surface area contributed by atoms with Crippen molar-refractivity contribution in [1.29, 1.82) is 0 Å². The lowest BCUT2D eigenvalue weighted by Gasteiger charge is -2.31. The molecule has 0 spiro atoms. The van der Waals surface area contributed by atoms with E-state index in [1.54, 1.807) is 24.3 Å². The molecule has 0 unspecified atom stereocenters. The first kappa shape index (κ1) is 20.3. The summed E-state index contributed by atoms with van der Waals surface area (Å²) in [7, 11) is -3.51. The van der Waals surface area contributed by atoms with Crippen molar-refractivity contribution in [1.82, 2.24) is 9.62 Å². The van der Waals surface area contributed by atoms with Gasteiger partial charge in [0.1, 0.15) is 4.88 Å². The number of aryl methyl sites for hydroxylation is 1. The molecule has 2 aromatic carbocycles. The number of amides is 1. The minimum Gasteiger partial charge on any atom is -0.348 e. The second-order valence-electron chi connectivity index (χ2n) is 7.21. The van der Waals surface area contributed by atoms with Gasteiger partial charge in [0.2, 0.25) is 10.0 Å². The number of hydrogen-bond acceptors (Lipinski definition) is 4. The quantitative estimate of drug-likeness (QED) is 0.641. The number of sulfonamides is 1. The summed E-state index contributed by atoms with van der Waals surface area (Å²) in [5.41, 5.74) is 1.02. The number of nitrogens with zero attached hydrogens (tertiary/aromatic N) is 1. The maximum Gasteiger partial charge on any atom is 0.263 e. The number of carbonyl (C=O) groups is 1. The SMILES string of the molecule is Cc1ccc(S(=O)(=O)N2CCC(NC(=O)c3sc4ccccc4c3Cl)CC2)cc1. The second-order valence-corrected chi connectivity index (χ2v) is 10.6. The number of hydrogen-bond donors (Lipinski definition) is 1. The lowest BCUT2D eigenvalue weighted by molar-refractivity contribution is 0.0928. The Kier molecular flexibility index (Phi) is 5.66. The van der Waals surface area contributed by atoms with Crippen LogP contribution in [0.4, 0.5) is 0 Å². The average molecular weight is 449 g/mol. The van der Waals surface area contributed by atoms with Crippen LogP contribution in [0, 0.1) is 6.92 Å². The molecule has 0 aliphatic carbocycles. The van der Waals surface area contributed by atoms with E-state index in [4.69, 9.17) is 11.6 Å². The van der Waals surface area contributed by atoms with Gasteiger partial charge in [0.25, 0.3) is 5.91 Å². The summed E-state index contributed by atoms with van der Waals surface area (Å²) in [5.74, 6) is -0.198. The summed E-state index contributed by atoms with van der Waals surface area (Å²) >= 11 is 7.77. The molecular weight excluding hydrogens is 428 g/mol. The van der Waals surface area contributed by atoms with Gasteiger partial charge in [-0.2, -0.15) is 4.31 Å². The Hall–Kier alpha value is -1.93. The fraction of sp³-hybridized carbons (Fsp3) is 0.286. The highest BCUT2D eigenvalue weighted by Crippen LogP contribution is 2.35. The van der Waals surface area contributed by atoms with Gasteiger partial charge >= 0.3 is 0 Å². The molecule has 0 radical (unpaired) electrons. The van der Waals surface area contributed by atoms with E-state index in [9.17, 15) is 13.2 Å². The summed E-state index contributed by atoms with van der Waals surface area (Å²) < 4.78 is 28.1. The normalized spacial score (nSPS) is 16.2. The van der Waals surface area contributed by atoms with Crippen LogP contribution in [0.3, 0.4) is 0 Å². The Morgan fingerprint density at radius 2 is 1.76 bits per heavy atom. The van der Waals surface area contributed by atoms with Gasteiger partial charge in [-0.1, -0.05) is 47.5 Å². The summed E-state index contributed by atoms with van der Waals surface area (Å²) in [4.78, 5) is 13.5. The lowest BCUT2D eigenvalue weighted by Crippen LogP contribution is -2.46. The Bertz CT molecular complexity index is 1150. The van der Waals surface area contributed by atoms with E-state index in [1.807, 2.05) is 31.2 Å². The van der Waals surface area contributed by atoms with Crippen LogP contribution in [0.5, 0.6) is 0 Å². The van der Waals surface area contributed by atoms with Gasteiger partial charge in [0.15, 0.2) is 0 Å². The number of rotatable bonds is 4. The fourth-order valence-corrected chi connectivity index (χ4v) is 6.40. The minimum atomic E-state index is -3.51. The summed E-state index contributed by atoms with van der Waals surface area (Å²) in [5, 5.41) is 4.37. The van der Waals surface area contributed by atoms with Crippen molar-refractivity contribution in [3.8, 4) is 0 Å². The van der Waals surface area contributed by atoms with Crippen molar-refractivity contribution in [2.75, 3.05) is 13.1 Å². The Balaban J connectivity index is 1.41. The van der Waals surface area contributed by atoms with Crippen LogP contribution in [-0.4, -0.2) is 37.8 Å². The zero-order valence-electron chi connectivity index (χ0n) is 15.9. The highest BCUT2D eigenvalue weighted by molar-refractivity contribution is 7.89. The number of carbonyl (C=O) groups excluding carboxylic acids is 1.